The van der Waals surface area contributed by atoms with Gasteiger partial charge in [0.25, 0.3) is 0 Å². The van der Waals surface area contributed by atoms with Crippen LogP contribution in [0.5, 0.6) is 0 Å². The summed E-state index contributed by atoms with van der Waals surface area (Å²) in [5.74, 6) is -0.621. The van der Waals surface area contributed by atoms with Gasteiger partial charge >= 0.3 is 0 Å². The lowest BCUT2D eigenvalue weighted by atomic mass is 9.85. The maximum atomic E-state index is 12.8. The molecule has 110 valence electrons. The van der Waals surface area contributed by atoms with Crippen LogP contribution >= 0.6 is 0 Å². The molecular formula is C15H17N3O3. The highest BCUT2D eigenvalue weighted by Gasteiger charge is 2.44. The number of carbonyl (C=O) groups is 3. The van der Waals surface area contributed by atoms with Crippen LogP contribution in [0.15, 0.2) is 28.8 Å². The Morgan fingerprint density at radius 1 is 1.29 bits per heavy atom. The number of hydrogen-bond donors (Lipinski definition) is 1. The van der Waals surface area contributed by atoms with Crippen LogP contribution in [0.2, 0.25) is 0 Å². The fraction of sp³-hybridized carbons (Fsp3) is 0.467. The Bertz CT molecular complexity index is 618. The number of nitrogens with one attached hydrogen (secondary N) is 1. The van der Waals surface area contributed by atoms with Crippen molar-refractivity contribution in [2.45, 2.75) is 38.8 Å². The fourth-order valence-corrected chi connectivity index (χ4v) is 3.16. The minimum absolute atomic E-state index is 0.111. The van der Waals surface area contributed by atoms with Crippen molar-refractivity contribution < 1.29 is 14.4 Å². The van der Waals surface area contributed by atoms with E-state index in [0.29, 0.717) is 12.3 Å². The van der Waals surface area contributed by atoms with Crippen molar-refractivity contribution in [2.24, 2.45) is 10.9 Å². The van der Waals surface area contributed by atoms with Crippen LogP contribution in [0.25, 0.3) is 0 Å². The molecule has 0 aromatic heterocycles. The van der Waals surface area contributed by atoms with Crippen LogP contribution in [0.3, 0.4) is 0 Å². The maximum absolute atomic E-state index is 12.8. The monoisotopic (exact) mass is 287 g/mol. The molecule has 1 aliphatic carbocycles. The molecule has 0 radical (unpaired) electrons. The van der Waals surface area contributed by atoms with Gasteiger partial charge in [-0.3, -0.25) is 29.6 Å². The van der Waals surface area contributed by atoms with Gasteiger partial charge in [-0.05, 0) is 20.3 Å². The van der Waals surface area contributed by atoms with Crippen LogP contribution in [-0.2, 0) is 14.4 Å². The molecule has 21 heavy (non-hydrogen) atoms. The smallest absolute Gasteiger partial charge is 0.249 e. The Labute approximate surface area is 122 Å². The van der Waals surface area contributed by atoms with E-state index < -0.39 is 11.9 Å². The first-order valence-corrected chi connectivity index (χ1v) is 7.05. The van der Waals surface area contributed by atoms with E-state index in [1.54, 1.807) is 6.92 Å². The first kappa shape index (κ1) is 13.7. The molecule has 1 N–H and O–H groups in total. The molecule has 6 nitrogen and oxygen atoms in total. The van der Waals surface area contributed by atoms with Crippen molar-refractivity contribution in [3.63, 3.8) is 0 Å². The normalized spacial score (nSPS) is 32.4. The lowest BCUT2D eigenvalue weighted by Gasteiger charge is -2.40. The van der Waals surface area contributed by atoms with Crippen molar-refractivity contribution in [3.05, 3.63) is 23.8 Å². The second kappa shape index (κ2) is 4.95. The molecule has 1 saturated heterocycles. The third kappa shape index (κ3) is 2.20. The molecule has 0 saturated carbocycles. The number of carbonyl (C=O) groups excluding carboxylic acids is 3. The molecule has 3 atom stereocenters. The largest absolute Gasteiger partial charge is 0.295 e. The van der Waals surface area contributed by atoms with E-state index in [0.717, 1.165) is 5.57 Å². The molecule has 2 heterocycles. The summed E-state index contributed by atoms with van der Waals surface area (Å²) >= 11 is 0. The second-order valence-corrected chi connectivity index (χ2v) is 5.62. The van der Waals surface area contributed by atoms with E-state index in [-0.39, 0.29) is 30.2 Å². The van der Waals surface area contributed by atoms with Gasteiger partial charge in [-0.15, -0.1) is 0 Å². The van der Waals surface area contributed by atoms with Crippen molar-refractivity contribution in [2.75, 3.05) is 0 Å². The molecule has 2 aliphatic heterocycles. The van der Waals surface area contributed by atoms with Gasteiger partial charge in [0.1, 0.15) is 11.9 Å². The van der Waals surface area contributed by atoms with Crippen molar-refractivity contribution in [3.8, 4) is 0 Å². The molecule has 3 rings (SSSR count). The standard InChI is InChI=1S/C15H17N3O3/c1-8-4-3-5-10-13(8)15(21)18(9(2)16-10)11-6-7-12(19)17-14(11)20/h3-5,10-11,13H,6-7H2,1-2H3,(H,17,19,20)/t10?,11-,13?/m0/s1. The van der Waals surface area contributed by atoms with E-state index in [4.69, 9.17) is 0 Å². The zero-order chi connectivity index (χ0) is 15.1. The lowest BCUT2D eigenvalue weighted by Crippen LogP contribution is -2.59. The number of amides is 3. The third-order valence-corrected chi connectivity index (χ3v) is 4.21. The molecule has 0 aromatic carbocycles. The zero-order valence-electron chi connectivity index (χ0n) is 12.0. The van der Waals surface area contributed by atoms with Crippen LogP contribution in [0, 0.1) is 5.92 Å². The summed E-state index contributed by atoms with van der Waals surface area (Å²) in [6, 6.07) is -0.828. The summed E-state index contributed by atoms with van der Waals surface area (Å²) in [7, 11) is 0. The number of rotatable bonds is 1. The summed E-state index contributed by atoms with van der Waals surface area (Å²) in [5, 5.41) is 2.30. The van der Waals surface area contributed by atoms with Crippen molar-refractivity contribution in [1.82, 2.24) is 10.2 Å². The molecule has 0 bridgehead atoms. The summed E-state index contributed by atoms with van der Waals surface area (Å²) in [6.45, 7) is 3.64. The van der Waals surface area contributed by atoms with Gasteiger partial charge in [-0.1, -0.05) is 23.8 Å². The van der Waals surface area contributed by atoms with Crippen LogP contribution in [0.4, 0.5) is 0 Å². The lowest BCUT2D eigenvalue weighted by molar-refractivity contribution is -0.144. The van der Waals surface area contributed by atoms with Gasteiger partial charge in [-0.25, -0.2) is 0 Å². The number of imide groups is 1. The summed E-state index contributed by atoms with van der Waals surface area (Å²) in [5.41, 5.74) is 0.945. The van der Waals surface area contributed by atoms with E-state index in [2.05, 4.69) is 10.3 Å². The molecule has 3 aliphatic rings. The van der Waals surface area contributed by atoms with E-state index >= 15 is 0 Å². The van der Waals surface area contributed by atoms with E-state index in [9.17, 15) is 14.4 Å². The number of amidine groups is 1. The van der Waals surface area contributed by atoms with Gasteiger partial charge < -0.3 is 0 Å². The molecule has 0 spiro atoms. The minimum Gasteiger partial charge on any atom is -0.295 e. The number of hydrogen-bond acceptors (Lipinski definition) is 4. The first-order valence-electron chi connectivity index (χ1n) is 7.05. The fourth-order valence-electron chi connectivity index (χ4n) is 3.16. The van der Waals surface area contributed by atoms with Gasteiger partial charge in [0, 0.05) is 6.42 Å². The predicted molar refractivity (Wildman–Crippen MR) is 76.3 cm³/mol. The average Bonchev–Trinajstić information content (AvgIpc) is 2.40. The van der Waals surface area contributed by atoms with E-state index in [1.807, 2.05) is 25.2 Å². The first-order chi connectivity index (χ1) is 9.99. The molecule has 0 aromatic rings. The molecular weight excluding hydrogens is 270 g/mol. The van der Waals surface area contributed by atoms with E-state index in [1.165, 1.54) is 4.90 Å². The third-order valence-electron chi connectivity index (χ3n) is 4.21. The molecule has 1 fully saturated rings. The number of aliphatic imine (C=N–C) groups is 1. The highest BCUT2D eigenvalue weighted by Crippen LogP contribution is 2.31. The van der Waals surface area contributed by atoms with Crippen molar-refractivity contribution >= 4 is 23.6 Å². The minimum atomic E-state index is -0.640. The topological polar surface area (TPSA) is 78.8 Å². The number of nitrogens with zero attached hydrogens (tertiary/aromatic N) is 2. The van der Waals surface area contributed by atoms with Crippen LogP contribution in [0.1, 0.15) is 26.7 Å². The average molecular weight is 287 g/mol. The van der Waals surface area contributed by atoms with Crippen molar-refractivity contribution in [1.29, 1.82) is 0 Å². The summed E-state index contributed by atoms with van der Waals surface area (Å²) in [4.78, 5) is 42.1. The number of piperidine rings is 1. The number of allylic oxidation sites excluding steroid dienone is 2. The maximum Gasteiger partial charge on any atom is 0.249 e. The number of fused-ring (bicyclic) bond motifs is 1. The predicted octanol–water partition coefficient (Wildman–Crippen LogP) is 0.553. The zero-order valence-corrected chi connectivity index (χ0v) is 12.0. The van der Waals surface area contributed by atoms with Crippen LogP contribution < -0.4 is 5.32 Å². The Balaban J connectivity index is 1.94. The summed E-state index contributed by atoms with van der Waals surface area (Å²) < 4.78 is 0. The van der Waals surface area contributed by atoms with Gasteiger partial charge in [0.2, 0.25) is 17.7 Å². The highest BCUT2D eigenvalue weighted by atomic mass is 16.2. The quantitative estimate of drug-likeness (QED) is 0.715. The molecule has 3 amide bonds. The Morgan fingerprint density at radius 2 is 2.05 bits per heavy atom. The summed E-state index contributed by atoms with van der Waals surface area (Å²) in [6.07, 6.45) is 6.30. The molecule has 2 unspecified atom stereocenters. The van der Waals surface area contributed by atoms with Crippen LogP contribution in [-0.4, -0.2) is 40.5 Å². The van der Waals surface area contributed by atoms with Gasteiger partial charge in [0.05, 0.1) is 12.0 Å². The second-order valence-electron chi connectivity index (χ2n) is 5.62. The Kier molecular flexibility index (Phi) is 3.23. The van der Waals surface area contributed by atoms with Gasteiger partial charge in [-0.2, -0.15) is 0 Å². The Morgan fingerprint density at radius 3 is 2.76 bits per heavy atom. The SMILES string of the molecule is CC1=CC=CC2N=C(C)N([C@H]3CCC(=O)NC3=O)C(=O)C12. The molecule has 6 heteroatoms. The highest BCUT2D eigenvalue weighted by molar-refractivity contribution is 6.08. The Hall–Kier alpha value is -2.24. The van der Waals surface area contributed by atoms with Gasteiger partial charge in [0.15, 0.2) is 0 Å².